The van der Waals surface area contributed by atoms with Crippen LogP contribution in [0.25, 0.3) is 6.08 Å². The number of carbonyl (C=O) groups is 1. The second-order valence-corrected chi connectivity index (χ2v) is 6.27. The highest BCUT2D eigenvalue weighted by Crippen LogP contribution is 2.33. The standard InChI is InChI=1S/C14H15NO2S2/c1-3-17-11-7-5-10(6-8-11)9-12-13(16)15-14(19-12)18-4-2/h5-9H,3-4H2,1-2H3/b12-9-. The van der Waals surface area contributed by atoms with Gasteiger partial charge in [0, 0.05) is 0 Å². The van der Waals surface area contributed by atoms with Crippen LogP contribution >= 0.6 is 23.5 Å². The Hall–Kier alpha value is -1.20. The summed E-state index contributed by atoms with van der Waals surface area (Å²) in [4.78, 5) is 16.4. The summed E-state index contributed by atoms with van der Waals surface area (Å²) in [5.41, 5.74) is 0.984. The lowest BCUT2D eigenvalue weighted by atomic mass is 10.2. The summed E-state index contributed by atoms with van der Waals surface area (Å²) in [5.74, 6) is 1.62. The number of benzene rings is 1. The van der Waals surface area contributed by atoms with Crippen LogP contribution in [0, 0.1) is 0 Å². The summed E-state index contributed by atoms with van der Waals surface area (Å²) in [6.07, 6.45) is 1.87. The maximum atomic E-state index is 11.7. The predicted molar refractivity (Wildman–Crippen MR) is 83.8 cm³/mol. The molecule has 1 heterocycles. The monoisotopic (exact) mass is 293 g/mol. The van der Waals surface area contributed by atoms with E-state index < -0.39 is 0 Å². The first-order valence-corrected chi connectivity index (χ1v) is 7.91. The minimum absolute atomic E-state index is 0.144. The highest BCUT2D eigenvalue weighted by molar-refractivity contribution is 8.41. The number of rotatable bonds is 4. The first kappa shape index (κ1) is 14.2. The Balaban J connectivity index is 2.08. The molecule has 1 amide bonds. The number of hydrogen-bond acceptors (Lipinski definition) is 4. The second-order valence-electron chi connectivity index (χ2n) is 3.73. The van der Waals surface area contributed by atoms with Crippen molar-refractivity contribution in [1.29, 1.82) is 0 Å². The molecule has 0 radical (unpaired) electrons. The van der Waals surface area contributed by atoms with Gasteiger partial charge < -0.3 is 4.74 Å². The Kier molecular flexibility index (Phi) is 5.10. The number of nitrogens with zero attached hydrogens (tertiary/aromatic N) is 1. The minimum Gasteiger partial charge on any atom is -0.494 e. The summed E-state index contributed by atoms with van der Waals surface area (Å²) in [6, 6.07) is 7.69. The van der Waals surface area contributed by atoms with Crippen molar-refractivity contribution in [3.05, 3.63) is 34.7 Å². The fourth-order valence-electron chi connectivity index (χ4n) is 1.55. The third kappa shape index (κ3) is 3.88. The van der Waals surface area contributed by atoms with Crippen molar-refractivity contribution in [3.8, 4) is 5.75 Å². The Morgan fingerprint density at radius 2 is 2.05 bits per heavy atom. The summed E-state index contributed by atoms with van der Waals surface area (Å²) >= 11 is 3.04. The van der Waals surface area contributed by atoms with Crippen molar-refractivity contribution in [1.82, 2.24) is 0 Å². The van der Waals surface area contributed by atoms with Crippen molar-refractivity contribution in [2.75, 3.05) is 12.4 Å². The van der Waals surface area contributed by atoms with Gasteiger partial charge in [-0.05, 0) is 36.4 Å². The van der Waals surface area contributed by atoms with Gasteiger partial charge in [-0.1, -0.05) is 42.6 Å². The molecular weight excluding hydrogens is 278 g/mol. The second kappa shape index (κ2) is 6.82. The molecule has 0 unspecified atom stereocenters. The SMILES string of the molecule is CCOc1ccc(/C=C2\SC(SCC)=NC2=O)cc1. The van der Waals surface area contributed by atoms with Crippen LogP contribution in [0.15, 0.2) is 34.2 Å². The van der Waals surface area contributed by atoms with E-state index in [0.717, 1.165) is 21.4 Å². The molecule has 1 aromatic rings. The average Bonchev–Trinajstić information content (AvgIpc) is 2.73. The molecule has 0 atom stereocenters. The molecule has 3 nitrogen and oxygen atoms in total. The van der Waals surface area contributed by atoms with Crippen molar-refractivity contribution < 1.29 is 9.53 Å². The van der Waals surface area contributed by atoms with Crippen LogP contribution in [0.1, 0.15) is 19.4 Å². The number of hydrogen-bond donors (Lipinski definition) is 0. The summed E-state index contributed by atoms with van der Waals surface area (Å²) in [5, 5.41) is 0. The molecule has 0 fully saturated rings. The number of carbonyl (C=O) groups excluding carboxylic acids is 1. The van der Waals surface area contributed by atoms with E-state index in [1.54, 1.807) is 11.8 Å². The maximum absolute atomic E-state index is 11.7. The van der Waals surface area contributed by atoms with Gasteiger partial charge in [-0.3, -0.25) is 4.79 Å². The van der Waals surface area contributed by atoms with Gasteiger partial charge in [0.25, 0.3) is 5.91 Å². The largest absolute Gasteiger partial charge is 0.494 e. The van der Waals surface area contributed by atoms with Gasteiger partial charge in [0.15, 0.2) is 0 Å². The molecule has 0 bridgehead atoms. The molecule has 1 aliphatic heterocycles. The number of aliphatic imine (C=N–C) groups is 1. The first-order chi connectivity index (χ1) is 9.22. The van der Waals surface area contributed by atoms with Gasteiger partial charge in [-0.2, -0.15) is 4.99 Å². The lowest BCUT2D eigenvalue weighted by molar-refractivity contribution is -0.113. The van der Waals surface area contributed by atoms with Crippen LogP contribution in [0.4, 0.5) is 0 Å². The van der Waals surface area contributed by atoms with Crippen molar-refractivity contribution in [3.63, 3.8) is 0 Å². The highest BCUT2D eigenvalue weighted by Gasteiger charge is 2.21. The molecule has 0 spiro atoms. The minimum atomic E-state index is -0.144. The molecule has 0 saturated carbocycles. The van der Waals surface area contributed by atoms with E-state index in [0.29, 0.717) is 11.5 Å². The third-order valence-corrected chi connectivity index (χ3v) is 4.37. The Morgan fingerprint density at radius 1 is 1.32 bits per heavy atom. The zero-order valence-corrected chi connectivity index (χ0v) is 12.5. The van der Waals surface area contributed by atoms with E-state index in [1.165, 1.54) is 11.8 Å². The van der Waals surface area contributed by atoms with Gasteiger partial charge in [0.05, 0.1) is 11.5 Å². The Labute approximate surface area is 121 Å². The molecule has 0 aromatic heterocycles. The van der Waals surface area contributed by atoms with Crippen molar-refractivity contribution >= 4 is 39.9 Å². The molecule has 2 rings (SSSR count). The number of amides is 1. The number of thioether (sulfide) groups is 2. The Morgan fingerprint density at radius 3 is 2.68 bits per heavy atom. The highest BCUT2D eigenvalue weighted by atomic mass is 32.2. The third-order valence-electron chi connectivity index (χ3n) is 2.36. The fourth-order valence-corrected chi connectivity index (χ4v) is 3.45. The van der Waals surface area contributed by atoms with Gasteiger partial charge in [0.2, 0.25) is 0 Å². The van der Waals surface area contributed by atoms with E-state index in [2.05, 4.69) is 4.99 Å². The lowest BCUT2D eigenvalue weighted by Crippen LogP contribution is -1.91. The topological polar surface area (TPSA) is 38.7 Å². The normalized spacial score (nSPS) is 16.8. The van der Waals surface area contributed by atoms with Crippen molar-refractivity contribution in [2.45, 2.75) is 13.8 Å². The van der Waals surface area contributed by atoms with E-state index in [1.807, 2.05) is 44.2 Å². The smallest absolute Gasteiger partial charge is 0.285 e. The van der Waals surface area contributed by atoms with E-state index in [9.17, 15) is 4.79 Å². The van der Waals surface area contributed by atoms with Gasteiger partial charge in [0.1, 0.15) is 10.1 Å². The summed E-state index contributed by atoms with van der Waals surface area (Å²) in [6.45, 7) is 4.65. The average molecular weight is 293 g/mol. The van der Waals surface area contributed by atoms with E-state index in [4.69, 9.17) is 4.74 Å². The van der Waals surface area contributed by atoms with Gasteiger partial charge in [-0.15, -0.1) is 0 Å². The zero-order chi connectivity index (χ0) is 13.7. The van der Waals surface area contributed by atoms with Gasteiger partial charge >= 0.3 is 0 Å². The molecular formula is C14H15NO2S2. The van der Waals surface area contributed by atoms with E-state index >= 15 is 0 Å². The molecule has 0 N–H and O–H groups in total. The van der Waals surface area contributed by atoms with Crippen LogP contribution < -0.4 is 4.74 Å². The summed E-state index contributed by atoms with van der Waals surface area (Å²) < 4.78 is 6.22. The first-order valence-electron chi connectivity index (χ1n) is 6.11. The van der Waals surface area contributed by atoms with Crippen LogP contribution in [0.3, 0.4) is 0 Å². The fraction of sp³-hybridized carbons (Fsp3) is 0.286. The molecule has 19 heavy (non-hydrogen) atoms. The summed E-state index contributed by atoms with van der Waals surface area (Å²) in [7, 11) is 0. The van der Waals surface area contributed by atoms with Gasteiger partial charge in [-0.25, -0.2) is 0 Å². The van der Waals surface area contributed by atoms with Crippen LogP contribution in [0.2, 0.25) is 0 Å². The molecule has 0 saturated heterocycles. The molecule has 0 aliphatic carbocycles. The quantitative estimate of drug-likeness (QED) is 0.791. The van der Waals surface area contributed by atoms with Crippen LogP contribution in [-0.2, 0) is 4.79 Å². The maximum Gasteiger partial charge on any atom is 0.285 e. The predicted octanol–water partition coefficient (Wildman–Crippen LogP) is 3.81. The molecule has 100 valence electrons. The van der Waals surface area contributed by atoms with Crippen LogP contribution in [-0.4, -0.2) is 22.6 Å². The Bertz CT molecular complexity index is 521. The molecule has 5 heteroatoms. The lowest BCUT2D eigenvalue weighted by Gasteiger charge is -2.02. The van der Waals surface area contributed by atoms with Crippen LogP contribution in [0.5, 0.6) is 5.75 Å². The molecule has 1 aliphatic rings. The van der Waals surface area contributed by atoms with Crippen molar-refractivity contribution in [2.24, 2.45) is 4.99 Å². The molecule has 1 aromatic carbocycles. The van der Waals surface area contributed by atoms with E-state index in [-0.39, 0.29) is 5.91 Å². The number of ether oxygens (including phenoxy) is 1. The zero-order valence-electron chi connectivity index (χ0n) is 10.9.